The van der Waals surface area contributed by atoms with Gasteiger partial charge in [-0.25, -0.2) is 0 Å². The summed E-state index contributed by atoms with van der Waals surface area (Å²) in [4.78, 5) is 27.4. The van der Waals surface area contributed by atoms with E-state index in [0.717, 1.165) is 0 Å². The van der Waals surface area contributed by atoms with E-state index in [0.29, 0.717) is 22.6 Å². The lowest BCUT2D eigenvalue weighted by atomic mass is 9.70. The largest absolute Gasteiger partial charge is 0.497 e. The molecule has 1 aliphatic heterocycles. The number of Topliss-reactive ketones (excluding diaryl/α,β-unsaturated/α-hetero) is 1. The van der Waals surface area contributed by atoms with E-state index in [1.54, 1.807) is 67.8 Å². The molecular formula is C28H26O8. The van der Waals surface area contributed by atoms with Crippen molar-refractivity contribution in [1.29, 1.82) is 0 Å². The van der Waals surface area contributed by atoms with Gasteiger partial charge in [0.25, 0.3) is 0 Å². The minimum absolute atomic E-state index is 0.138. The van der Waals surface area contributed by atoms with Crippen molar-refractivity contribution >= 4 is 11.8 Å². The number of ketones is 1. The van der Waals surface area contributed by atoms with Gasteiger partial charge in [-0.2, -0.15) is 0 Å². The summed E-state index contributed by atoms with van der Waals surface area (Å²) in [5, 5.41) is 12.6. The average Bonchev–Trinajstić information content (AvgIpc) is 3.30. The predicted octanol–water partition coefficient (Wildman–Crippen LogP) is 3.34. The molecular weight excluding hydrogens is 464 g/mol. The minimum Gasteiger partial charge on any atom is -0.497 e. The summed E-state index contributed by atoms with van der Waals surface area (Å²) in [6.45, 7) is 0. The normalized spacial score (nSPS) is 26.0. The third-order valence-electron chi connectivity index (χ3n) is 7.21. The van der Waals surface area contributed by atoms with Gasteiger partial charge in [0.1, 0.15) is 28.9 Å². The number of benzene rings is 3. The van der Waals surface area contributed by atoms with E-state index in [-0.39, 0.29) is 17.1 Å². The van der Waals surface area contributed by atoms with E-state index in [9.17, 15) is 14.7 Å². The van der Waals surface area contributed by atoms with Crippen molar-refractivity contribution < 1.29 is 38.4 Å². The molecule has 186 valence electrons. The second-order valence-electron chi connectivity index (χ2n) is 8.73. The van der Waals surface area contributed by atoms with Crippen LogP contribution in [0.25, 0.3) is 0 Å². The van der Waals surface area contributed by atoms with Gasteiger partial charge >= 0.3 is 5.97 Å². The van der Waals surface area contributed by atoms with Gasteiger partial charge in [0, 0.05) is 17.7 Å². The Morgan fingerprint density at radius 3 is 2.14 bits per heavy atom. The Kier molecular flexibility index (Phi) is 5.64. The standard InChI is InChI=1S/C28H26O8/c1-32-18-12-10-17(11-13-18)28-23(16-8-6-5-7-9-16)22(26(30)35-4)25(29)27(28,31)24-20(34-3)14-19(33-2)15-21(24)36-28/h5-15,22-23,31H,1-4H3/t22-,23+,27-,28-/m0/s1. The van der Waals surface area contributed by atoms with Gasteiger partial charge in [-0.3, -0.25) is 9.59 Å². The number of carbonyl (C=O) groups excluding carboxylic acids is 2. The van der Waals surface area contributed by atoms with Crippen LogP contribution >= 0.6 is 0 Å². The van der Waals surface area contributed by atoms with Crippen LogP contribution in [0.3, 0.4) is 0 Å². The molecule has 8 heteroatoms. The minimum atomic E-state index is -2.28. The number of ether oxygens (including phenoxy) is 5. The molecule has 4 atom stereocenters. The maximum Gasteiger partial charge on any atom is 0.317 e. The zero-order valence-electron chi connectivity index (χ0n) is 20.3. The fraction of sp³-hybridized carbons (Fsp3) is 0.286. The van der Waals surface area contributed by atoms with Crippen molar-refractivity contribution in [2.75, 3.05) is 28.4 Å². The first-order chi connectivity index (χ1) is 17.4. The van der Waals surface area contributed by atoms with Crippen LogP contribution < -0.4 is 18.9 Å². The Hall–Kier alpha value is -4.04. The maximum atomic E-state index is 14.2. The Balaban J connectivity index is 1.89. The molecule has 8 nitrogen and oxygen atoms in total. The van der Waals surface area contributed by atoms with Crippen LogP contribution in [0, 0.1) is 5.92 Å². The molecule has 3 aromatic rings. The number of aliphatic hydroxyl groups is 1. The van der Waals surface area contributed by atoms with Crippen LogP contribution in [-0.4, -0.2) is 45.3 Å². The van der Waals surface area contributed by atoms with Crippen LogP contribution in [0.5, 0.6) is 23.0 Å². The Labute approximate surface area is 208 Å². The number of methoxy groups -OCH3 is 4. The van der Waals surface area contributed by atoms with Crippen LogP contribution in [-0.2, 0) is 25.5 Å². The monoisotopic (exact) mass is 490 g/mol. The highest BCUT2D eigenvalue weighted by Gasteiger charge is 2.78. The molecule has 1 fully saturated rings. The predicted molar refractivity (Wildman–Crippen MR) is 128 cm³/mol. The van der Waals surface area contributed by atoms with Crippen molar-refractivity contribution in [3.8, 4) is 23.0 Å². The topological polar surface area (TPSA) is 101 Å². The first-order valence-electron chi connectivity index (χ1n) is 11.4. The Bertz CT molecular complexity index is 1320. The third kappa shape index (κ3) is 2.97. The van der Waals surface area contributed by atoms with Crippen molar-refractivity contribution in [3.63, 3.8) is 0 Å². The van der Waals surface area contributed by atoms with Crippen molar-refractivity contribution in [3.05, 3.63) is 83.4 Å². The summed E-state index contributed by atoms with van der Waals surface area (Å²) in [6.07, 6.45) is 0. The molecule has 1 aliphatic carbocycles. The third-order valence-corrected chi connectivity index (χ3v) is 7.21. The fourth-order valence-electron chi connectivity index (χ4n) is 5.66. The number of carbonyl (C=O) groups is 2. The van der Waals surface area contributed by atoms with E-state index in [1.807, 2.05) is 6.07 Å². The molecule has 1 saturated carbocycles. The molecule has 0 spiro atoms. The molecule has 0 bridgehead atoms. The lowest BCUT2D eigenvalue weighted by molar-refractivity contribution is -0.155. The van der Waals surface area contributed by atoms with Crippen LogP contribution in [0.1, 0.15) is 22.6 Å². The van der Waals surface area contributed by atoms with Gasteiger partial charge < -0.3 is 28.8 Å². The van der Waals surface area contributed by atoms with E-state index < -0.39 is 34.8 Å². The van der Waals surface area contributed by atoms with Gasteiger partial charge in [-0.05, 0) is 17.7 Å². The Morgan fingerprint density at radius 1 is 0.889 bits per heavy atom. The highest BCUT2D eigenvalue weighted by molar-refractivity contribution is 6.10. The average molecular weight is 491 g/mol. The lowest BCUT2D eigenvalue weighted by Crippen LogP contribution is -2.50. The Morgan fingerprint density at radius 2 is 1.56 bits per heavy atom. The van der Waals surface area contributed by atoms with E-state index >= 15 is 0 Å². The van der Waals surface area contributed by atoms with E-state index in [4.69, 9.17) is 23.7 Å². The zero-order valence-corrected chi connectivity index (χ0v) is 20.3. The molecule has 36 heavy (non-hydrogen) atoms. The van der Waals surface area contributed by atoms with Crippen molar-refractivity contribution in [1.82, 2.24) is 0 Å². The van der Waals surface area contributed by atoms with Gasteiger partial charge in [0.2, 0.25) is 5.60 Å². The molecule has 1 heterocycles. The lowest BCUT2D eigenvalue weighted by Gasteiger charge is -2.39. The molecule has 0 unspecified atom stereocenters. The van der Waals surface area contributed by atoms with Crippen molar-refractivity contribution in [2.45, 2.75) is 17.1 Å². The quantitative estimate of drug-likeness (QED) is 0.415. The summed E-state index contributed by atoms with van der Waals surface area (Å²) in [5.74, 6) is -2.34. The molecule has 5 rings (SSSR count). The maximum absolute atomic E-state index is 14.2. The number of hydrogen-bond acceptors (Lipinski definition) is 8. The van der Waals surface area contributed by atoms with Crippen LogP contribution in [0.15, 0.2) is 66.7 Å². The second kappa shape index (κ2) is 8.57. The summed E-state index contributed by atoms with van der Waals surface area (Å²) >= 11 is 0. The van der Waals surface area contributed by atoms with Gasteiger partial charge in [0.15, 0.2) is 11.4 Å². The van der Waals surface area contributed by atoms with Gasteiger partial charge in [-0.1, -0.05) is 42.5 Å². The molecule has 3 aromatic carbocycles. The second-order valence-corrected chi connectivity index (χ2v) is 8.73. The number of esters is 1. The molecule has 0 radical (unpaired) electrons. The first-order valence-corrected chi connectivity index (χ1v) is 11.4. The van der Waals surface area contributed by atoms with Crippen LogP contribution in [0.2, 0.25) is 0 Å². The SMILES string of the molecule is COC(=O)[C@@H]1C(=O)[C@@]2(O)c3c(OC)cc(OC)cc3O[C@@]2(c2ccc(OC)cc2)[C@@H]1c1ccccc1. The zero-order chi connectivity index (χ0) is 25.7. The summed E-state index contributed by atoms with van der Waals surface area (Å²) in [6, 6.07) is 19.1. The molecule has 0 amide bonds. The summed E-state index contributed by atoms with van der Waals surface area (Å²) < 4.78 is 28.0. The van der Waals surface area contributed by atoms with Gasteiger partial charge in [0.05, 0.1) is 39.9 Å². The van der Waals surface area contributed by atoms with E-state index in [2.05, 4.69) is 0 Å². The number of rotatable bonds is 6. The molecule has 1 N–H and O–H groups in total. The first kappa shape index (κ1) is 23.7. The summed E-state index contributed by atoms with van der Waals surface area (Å²) in [7, 11) is 5.69. The smallest absolute Gasteiger partial charge is 0.317 e. The molecule has 0 aromatic heterocycles. The highest BCUT2D eigenvalue weighted by Crippen LogP contribution is 2.68. The van der Waals surface area contributed by atoms with E-state index in [1.165, 1.54) is 21.3 Å². The summed E-state index contributed by atoms with van der Waals surface area (Å²) in [5.41, 5.74) is -2.76. The number of fused-ring (bicyclic) bond motifs is 3. The van der Waals surface area contributed by atoms with Gasteiger partial charge in [-0.15, -0.1) is 0 Å². The number of hydrogen-bond donors (Lipinski definition) is 1. The van der Waals surface area contributed by atoms with Crippen LogP contribution in [0.4, 0.5) is 0 Å². The highest BCUT2D eigenvalue weighted by atomic mass is 16.5. The van der Waals surface area contributed by atoms with Crippen molar-refractivity contribution in [2.24, 2.45) is 5.92 Å². The molecule has 0 saturated heterocycles. The fourth-order valence-corrected chi connectivity index (χ4v) is 5.66. The molecule has 2 aliphatic rings.